The number of carbonyl (C=O) groups is 3. The van der Waals surface area contributed by atoms with E-state index in [2.05, 4.69) is 10.3 Å². The number of benzene rings is 1. The lowest BCUT2D eigenvalue weighted by Gasteiger charge is -2.17. The number of nitrogens with two attached hydrogens (primary N) is 1. The van der Waals surface area contributed by atoms with Crippen molar-refractivity contribution in [1.82, 2.24) is 4.98 Å². The second-order valence-electron chi connectivity index (χ2n) is 4.94. The molecule has 0 aliphatic heterocycles. The number of nitrogens with one attached hydrogen (secondary N) is 1. The van der Waals surface area contributed by atoms with E-state index in [0.29, 0.717) is 5.56 Å². The monoisotopic (exact) mass is 327 g/mol. The van der Waals surface area contributed by atoms with E-state index in [-0.39, 0.29) is 17.7 Å². The van der Waals surface area contributed by atoms with Crippen molar-refractivity contribution in [2.75, 3.05) is 5.32 Å². The molecule has 2 aromatic rings. The molecule has 124 valence electrons. The van der Waals surface area contributed by atoms with Gasteiger partial charge in [0.1, 0.15) is 0 Å². The van der Waals surface area contributed by atoms with Crippen LogP contribution < -0.4 is 11.1 Å². The molecule has 0 spiro atoms. The third-order valence-electron chi connectivity index (χ3n) is 3.28. The van der Waals surface area contributed by atoms with E-state index in [1.54, 1.807) is 25.1 Å². The highest BCUT2D eigenvalue weighted by molar-refractivity contribution is 6.04. The van der Waals surface area contributed by atoms with E-state index < -0.39 is 23.9 Å². The quantitative estimate of drug-likeness (QED) is 0.785. The summed E-state index contributed by atoms with van der Waals surface area (Å²) >= 11 is 0. The fourth-order valence-electron chi connectivity index (χ4n) is 2.03. The van der Waals surface area contributed by atoms with E-state index in [9.17, 15) is 14.4 Å². The topological polar surface area (TPSA) is 111 Å². The van der Waals surface area contributed by atoms with Crippen LogP contribution in [0.1, 0.15) is 34.1 Å². The van der Waals surface area contributed by atoms with Crippen LogP contribution >= 0.6 is 0 Å². The molecule has 7 heteroatoms. The highest BCUT2D eigenvalue weighted by atomic mass is 16.5. The van der Waals surface area contributed by atoms with Gasteiger partial charge in [-0.05, 0) is 30.7 Å². The minimum Gasteiger partial charge on any atom is -0.449 e. The molecule has 0 fully saturated rings. The normalized spacial score (nSPS) is 11.4. The van der Waals surface area contributed by atoms with E-state index >= 15 is 0 Å². The van der Waals surface area contributed by atoms with Crippen molar-refractivity contribution in [3.05, 3.63) is 59.9 Å². The molecule has 0 aliphatic carbocycles. The van der Waals surface area contributed by atoms with Gasteiger partial charge in [-0.1, -0.05) is 19.1 Å². The molecule has 0 saturated carbocycles. The first-order chi connectivity index (χ1) is 11.5. The largest absolute Gasteiger partial charge is 0.449 e. The number of anilines is 1. The molecule has 2 rings (SSSR count). The van der Waals surface area contributed by atoms with Crippen LogP contribution in [0.3, 0.4) is 0 Å². The van der Waals surface area contributed by atoms with Crippen molar-refractivity contribution in [3.63, 3.8) is 0 Å². The maximum absolute atomic E-state index is 12.3. The van der Waals surface area contributed by atoms with Gasteiger partial charge in [-0.3, -0.25) is 14.6 Å². The summed E-state index contributed by atoms with van der Waals surface area (Å²) in [6.07, 6.45) is 2.20. The van der Waals surface area contributed by atoms with Crippen LogP contribution in [-0.4, -0.2) is 28.9 Å². The smallest absolute Gasteiger partial charge is 0.339 e. The summed E-state index contributed by atoms with van der Waals surface area (Å²) in [6, 6.07) is 9.34. The zero-order chi connectivity index (χ0) is 17.5. The Morgan fingerprint density at radius 3 is 2.46 bits per heavy atom. The van der Waals surface area contributed by atoms with Gasteiger partial charge in [0.05, 0.1) is 16.8 Å². The minimum atomic E-state index is -0.994. The molecule has 1 heterocycles. The second kappa shape index (κ2) is 7.87. The van der Waals surface area contributed by atoms with Crippen LogP contribution in [0.5, 0.6) is 0 Å². The Kier molecular flexibility index (Phi) is 5.62. The number of pyridine rings is 1. The molecule has 1 unspecified atom stereocenters. The first kappa shape index (κ1) is 17.1. The number of primary amides is 1. The van der Waals surface area contributed by atoms with Crippen LogP contribution in [0.15, 0.2) is 48.8 Å². The van der Waals surface area contributed by atoms with E-state index in [4.69, 9.17) is 10.5 Å². The summed E-state index contributed by atoms with van der Waals surface area (Å²) < 4.78 is 5.23. The average Bonchev–Trinajstić information content (AvgIpc) is 2.60. The molecule has 0 aliphatic rings. The SMILES string of the molecule is CCC(OC(=O)c1ccncc1)C(=O)Nc1ccccc1C(N)=O. The van der Waals surface area contributed by atoms with Crippen LogP contribution in [-0.2, 0) is 9.53 Å². The zero-order valence-corrected chi connectivity index (χ0v) is 13.1. The van der Waals surface area contributed by atoms with Crippen LogP contribution in [0.2, 0.25) is 0 Å². The lowest BCUT2D eigenvalue weighted by Crippen LogP contribution is -2.32. The van der Waals surface area contributed by atoms with Crippen molar-refractivity contribution >= 4 is 23.5 Å². The van der Waals surface area contributed by atoms with Gasteiger partial charge < -0.3 is 15.8 Å². The van der Waals surface area contributed by atoms with Gasteiger partial charge in [-0.25, -0.2) is 4.79 Å². The number of hydrogen-bond donors (Lipinski definition) is 2. The molecular formula is C17H17N3O4. The Bertz CT molecular complexity index is 747. The Hall–Kier alpha value is -3.22. The molecule has 1 aromatic heterocycles. The van der Waals surface area contributed by atoms with Crippen molar-refractivity contribution in [2.24, 2.45) is 5.73 Å². The summed E-state index contributed by atoms with van der Waals surface area (Å²) in [5, 5.41) is 2.57. The summed E-state index contributed by atoms with van der Waals surface area (Å²) in [5.41, 5.74) is 6.03. The molecule has 0 radical (unpaired) electrons. The number of carbonyl (C=O) groups excluding carboxylic acids is 3. The Morgan fingerprint density at radius 1 is 1.17 bits per heavy atom. The molecule has 1 aromatic carbocycles. The number of rotatable bonds is 6. The molecule has 2 amide bonds. The lowest BCUT2D eigenvalue weighted by molar-refractivity contribution is -0.124. The first-order valence-corrected chi connectivity index (χ1v) is 7.33. The summed E-state index contributed by atoms with van der Waals surface area (Å²) in [5.74, 6) is -1.82. The maximum Gasteiger partial charge on any atom is 0.339 e. The van der Waals surface area contributed by atoms with Gasteiger partial charge >= 0.3 is 5.97 Å². The molecule has 0 saturated heterocycles. The number of aromatic nitrogens is 1. The number of amides is 2. The number of nitrogens with zero attached hydrogens (tertiary/aromatic N) is 1. The van der Waals surface area contributed by atoms with E-state index in [1.165, 1.54) is 30.6 Å². The van der Waals surface area contributed by atoms with Crippen LogP contribution in [0.25, 0.3) is 0 Å². The van der Waals surface area contributed by atoms with Crippen molar-refractivity contribution in [3.8, 4) is 0 Å². The number of ether oxygens (including phenoxy) is 1. The summed E-state index contributed by atoms with van der Waals surface area (Å²) in [6.45, 7) is 1.71. The van der Waals surface area contributed by atoms with Crippen molar-refractivity contribution in [2.45, 2.75) is 19.4 Å². The third kappa shape index (κ3) is 4.16. The predicted molar refractivity (Wildman–Crippen MR) is 87.3 cm³/mol. The minimum absolute atomic E-state index is 0.182. The fraction of sp³-hybridized carbons (Fsp3) is 0.176. The standard InChI is InChI=1S/C17H17N3O4/c1-2-14(24-17(23)11-7-9-19-10-8-11)16(22)20-13-6-4-3-5-12(13)15(18)21/h3-10,14H,2H2,1H3,(H2,18,21)(H,20,22). The van der Waals surface area contributed by atoms with Crippen molar-refractivity contribution in [1.29, 1.82) is 0 Å². The number of para-hydroxylation sites is 1. The van der Waals surface area contributed by atoms with Crippen LogP contribution in [0, 0.1) is 0 Å². The third-order valence-corrected chi connectivity index (χ3v) is 3.28. The van der Waals surface area contributed by atoms with E-state index in [1.807, 2.05) is 0 Å². The summed E-state index contributed by atoms with van der Waals surface area (Å²) in [4.78, 5) is 39.6. The number of esters is 1. The molecule has 3 N–H and O–H groups in total. The van der Waals surface area contributed by atoms with Crippen molar-refractivity contribution < 1.29 is 19.1 Å². The zero-order valence-electron chi connectivity index (χ0n) is 13.1. The number of hydrogen-bond acceptors (Lipinski definition) is 5. The second-order valence-corrected chi connectivity index (χ2v) is 4.94. The van der Waals surface area contributed by atoms with Gasteiger partial charge in [0.25, 0.3) is 11.8 Å². The van der Waals surface area contributed by atoms with E-state index in [0.717, 1.165) is 0 Å². The molecule has 7 nitrogen and oxygen atoms in total. The predicted octanol–water partition coefficient (Wildman–Crippen LogP) is 1.75. The maximum atomic E-state index is 12.3. The Labute approximate surface area is 138 Å². The van der Waals surface area contributed by atoms with Crippen LogP contribution in [0.4, 0.5) is 5.69 Å². The van der Waals surface area contributed by atoms with Gasteiger partial charge in [-0.2, -0.15) is 0 Å². The first-order valence-electron chi connectivity index (χ1n) is 7.33. The lowest BCUT2D eigenvalue weighted by atomic mass is 10.1. The Morgan fingerprint density at radius 2 is 1.83 bits per heavy atom. The molecule has 24 heavy (non-hydrogen) atoms. The fourth-order valence-corrected chi connectivity index (χ4v) is 2.03. The molecular weight excluding hydrogens is 310 g/mol. The summed E-state index contributed by atoms with van der Waals surface area (Å²) in [7, 11) is 0. The molecule has 1 atom stereocenters. The Balaban J connectivity index is 2.10. The van der Waals surface area contributed by atoms with Gasteiger partial charge in [-0.15, -0.1) is 0 Å². The highest BCUT2D eigenvalue weighted by Crippen LogP contribution is 2.16. The highest BCUT2D eigenvalue weighted by Gasteiger charge is 2.23. The van der Waals surface area contributed by atoms with Gasteiger partial charge in [0, 0.05) is 12.4 Å². The van der Waals surface area contributed by atoms with Gasteiger partial charge in [0.2, 0.25) is 0 Å². The molecule has 0 bridgehead atoms. The van der Waals surface area contributed by atoms with Gasteiger partial charge in [0.15, 0.2) is 6.10 Å². The average molecular weight is 327 g/mol.